The lowest BCUT2D eigenvalue weighted by molar-refractivity contribution is 0.142. The number of hydrogen-bond donors (Lipinski definition) is 1. The van der Waals surface area contributed by atoms with Crippen LogP contribution in [0.3, 0.4) is 0 Å². The van der Waals surface area contributed by atoms with Gasteiger partial charge in [0.25, 0.3) is 0 Å². The number of amides is 1. The molecule has 2 aromatic carbocycles. The van der Waals surface area contributed by atoms with Crippen molar-refractivity contribution in [1.82, 2.24) is 19.8 Å². The standard InChI is InChI=1S/C28H34N6O4/c1-31-11-5-8-21(31)19-38-27-29-23-18-34(24-10-4-7-20-6-2-3-9-22(20)24)16-17-37-25(23)26(30-27)32-12-14-33(15-13-32)28(35)36/h2-4,6-7,9-10,21H,5,8,11-19H2,1H3,(H,35,36)/t21-/m0/s1. The van der Waals surface area contributed by atoms with Crippen LogP contribution in [0.25, 0.3) is 10.8 Å². The Morgan fingerprint density at radius 3 is 2.63 bits per heavy atom. The zero-order valence-corrected chi connectivity index (χ0v) is 21.8. The molecule has 38 heavy (non-hydrogen) atoms. The number of ether oxygens (including phenoxy) is 2. The van der Waals surface area contributed by atoms with E-state index in [1.165, 1.54) is 22.1 Å². The van der Waals surface area contributed by atoms with Crippen LogP contribution in [0.4, 0.5) is 16.3 Å². The Balaban J connectivity index is 1.33. The number of rotatable bonds is 5. The fraction of sp³-hybridized carbons (Fsp3) is 0.464. The molecule has 10 nitrogen and oxygen atoms in total. The molecule has 0 unspecified atom stereocenters. The summed E-state index contributed by atoms with van der Waals surface area (Å²) in [5.41, 5.74) is 1.93. The molecule has 6 rings (SSSR count). The Kier molecular flexibility index (Phi) is 6.80. The second-order valence-electron chi connectivity index (χ2n) is 10.2. The summed E-state index contributed by atoms with van der Waals surface area (Å²) in [6.45, 7) is 5.29. The van der Waals surface area contributed by atoms with Gasteiger partial charge in [0.1, 0.15) is 18.9 Å². The molecule has 200 valence electrons. The van der Waals surface area contributed by atoms with Gasteiger partial charge in [-0.15, -0.1) is 0 Å². The van der Waals surface area contributed by atoms with E-state index < -0.39 is 6.09 Å². The zero-order valence-electron chi connectivity index (χ0n) is 21.8. The Morgan fingerprint density at radius 2 is 1.84 bits per heavy atom. The van der Waals surface area contributed by atoms with Gasteiger partial charge >= 0.3 is 12.1 Å². The third kappa shape index (κ3) is 4.88. The van der Waals surface area contributed by atoms with Crippen LogP contribution in [0.15, 0.2) is 42.5 Å². The number of anilines is 2. The molecule has 1 amide bonds. The molecule has 10 heteroatoms. The molecule has 3 aliphatic rings. The smallest absolute Gasteiger partial charge is 0.407 e. The van der Waals surface area contributed by atoms with E-state index in [-0.39, 0.29) is 0 Å². The molecule has 2 saturated heterocycles. The number of nitrogens with zero attached hydrogens (tertiary/aromatic N) is 6. The van der Waals surface area contributed by atoms with Gasteiger partial charge in [-0.1, -0.05) is 36.4 Å². The first-order chi connectivity index (χ1) is 18.6. The molecule has 1 aromatic heterocycles. The van der Waals surface area contributed by atoms with Crippen LogP contribution in [0.5, 0.6) is 11.8 Å². The van der Waals surface area contributed by atoms with E-state index in [4.69, 9.17) is 19.4 Å². The van der Waals surface area contributed by atoms with Crippen LogP contribution in [-0.4, -0.2) is 96.5 Å². The summed E-state index contributed by atoms with van der Waals surface area (Å²) in [4.78, 5) is 29.3. The maximum Gasteiger partial charge on any atom is 0.407 e. The van der Waals surface area contributed by atoms with Crippen molar-refractivity contribution in [1.29, 1.82) is 0 Å². The highest BCUT2D eigenvalue weighted by atomic mass is 16.5. The van der Waals surface area contributed by atoms with E-state index in [9.17, 15) is 9.90 Å². The molecule has 0 bridgehead atoms. The van der Waals surface area contributed by atoms with E-state index in [1.807, 2.05) is 0 Å². The first-order valence-electron chi connectivity index (χ1n) is 13.4. The number of carbonyl (C=O) groups is 1. The van der Waals surface area contributed by atoms with E-state index in [2.05, 4.69) is 64.2 Å². The Hall–Kier alpha value is -3.79. The van der Waals surface area contributed by atoms with Crippen molar-refractivity contribution in [2.24, 2.45) is 0 Å². The van der Waals surface area contributed by atoms with Gasteiger partial charge in [0, 0.05) is 43.3 Å². The highest BCUT2D eigenvalue weighted by Crippen LogP contribution is 2.37. The second-order valence-corrected chi connectivity index (χ2v) is 10.2. The lowest BCUT2D eigenvalue weighted by Crippen LogP contribution is -2.48. The summed E-state index contributed by atoms with van der Waals surface area (Å²) in [6.07, 6.45) is 1.38. The number of likely N-dealkylation sites (N-methyl/N-ethyl adjacent to an activating group) is 1. The van der Waals surface area contributed by atoms with Crippen LogP contribution in [0, 0.1) is 0 Å². The summed E-state index contributed by atoms with van der Waals surface area (Å²) in [5.74, 6) is 1.36. The van der Waals surface area contributed by atoms with Gasteiger partial charge < -0.3 is 34.2 Å². The highest BCUT2D eigenvalue weighted by molar-refractivity contribution is 5.94. The van der Waals surface area contributed by atoms with Crippen LogP contribution in [0.2, 0.25) is 0 Å². The van der Waals surface area contributed by atoms with Crippen molar-refractivity contribution >= 4 is 28.4 Å². The van der Waals surface area contributed by atoms with E-state index in [0.29, 0.717) is 76.1 Å². The number of benzene rings is 2. The minimum Gasteiger partial charge on any atom is -0.486 e. The molecule has 1 N–H and O–H groups in total. The van der Waals surface area contributed by atoms with Crippen LogP contribution in [0.1, 0.15) is 18.5 Å². The molecule has 3 aliphatic heterocycles. The number of fused-ring (bicyclic) bond motifs is 2. The molecule has 1 atom stereocenters. The van der Waals surface area contributed by atoms with Crippen molar-refractivity contribution in [2.75, 3.05) is 69.3 Å². The maximum absolute atomic E-state index is 11.5. The Bertz CT molecular complexity index is 1310. The zero-order chi connectivity index (χ0) is 26.1. The average Bonchev–Trinajstić information content (AvgIpc) is 3.23. The largest absolute Gasteiger partial charge is 0.486 e. The van der Waals surface area contributed by atoms with Crippen molar-refractivity contribution in [2.45, 2.75) is 25.4 Å². The summed E-state index contributed by atoms with van der Waals surface area (Å²) in [7, 11) is 2.13. The van der Waals surface area contributed by atoms with E-state index in [0.717, 1.165) is 24.3 Å². The average molecular weight is 519 g/mol. The summed E-state index contributed by atoms with van der Waals surface area (Å²) in [5, 5.41) is 11.8. The first kappa shape index (κ1) is 24.5. The maximum atomic E-state index is 11.5. The Labute approximate surface area is 222 Å². The molecule has 0 aliphatic carbocycles. The SMILES string of the molecule is CN1CCC[C@H]1COc1nc2c(c(N3CCN(C(=O)O)CC3)n1)OCCN(c1cccc3ccccc13)C2. The first-order valence-corrected chi connectivity index (χ1v) is 13.4. The van der Waals surface area contributed by atoms with Gasteiger partial charge in [-0.3, -0.25) is 0 Å². The predicted octanol–water partition coefficient (Wildman–Crippen LogP) is 3.30. The van der Waals surface area contributed by atoms with Crippen LogP contribution >= 0.6 is 0 Å². The fourth-order valence-corrected chi connectivity index (χ4v) is 5.67. The normalized spacial score (nSPS) is 20.2. The van der Waals surface area contributed by atoms with Crippen molar-refractivity contribution in [3.8, 4) is 11.8 Å². The third-order valence-corrected chi connectivity index (χ3v) is 7.88. The van der Waals surface area contributed by atoms with E-state index in [1.54, 1.807) is 0 Å². The number of hydrogen-bond acceptors (Lipinski definition) is 8. The molecule has 0 spiro atoms. The second kappa shape index (κ2) is 10.5. The molecular formula is C28H34N6O4. The topological polar surface area (TPSA) is 94.5 Å². The van der Waals surface area contributed by atoms with Crippen molar-refractivity contribution < 1.29 is 19.4 Å². The minimum atomic E-state index is -0.891. The molecule has 0 saturated carbocycles. The van der Waals surface area contributed by atoms with Crippen LogP contribution in [-0.2, 0) is 6.54 Å². The highest BCUT2D eigenvalue weighted by Gasteiger charge is 2.30. The minimum absolute atomic E-state index is 0.350. The van der Waals surface area contributed by atoms with E-state index >= 15 is 0 Å². The lowest BCUT2D eigenvalue weighted by atomic mass is 10.1. The molecule has 2 fully saturated rings. The Morgan fingerprint density at radius 1 is 1.03 bits per heavy atom. The van der Waals surface area contributed by atoms with Gasteiger partial charge in [0.15, 0.2) is 11.6 Å². The number of carboxylic acid groups (broad SMARTS) is 1. The van der Waals surface area contributed by atoms with Gasteiger partial charge in [0.2, 0.25) is 0 Å². The van der Waals surface area contributed by atoms with Crippen molar-refractivity contribution in [3.63, 3.8) is 0 Å². The van der Waals surface area contributed by atoms with Gasteiger partial charge in [-0.25, -0.2) is 4.79 Å². The van der Waals surface area contributed by atoms with Gasteiger partial charge in [-0.05, 0) is 37.9 Å². The lowest BCUT2D eigenvalue weighted by Gasteiger charge is -2.34. The number of piperazine rings is 1. The van der Waals surface area contributed by atoms with Crippen LogP contribution < -0.4 is 19.3 Å². The molecule has 3 aromatic rings. The summed E-state index contributed by atoms with van der Waals surface area (Å²) < 4.78 is 12.5. The number of likely N-dealkylation sites (tertiary alicyclic amines) is 1. The quantitative estimate of drug-likeness (QED) is 0.546. The molecule has 0 radical (unpaired) electrons. The fourth-order valence-electron chi connectivity index (χ4n) is 5.67. The molecule has 4 heterocycles. The monoisotopic (exact) mass is 518 g/mol. The predicted molar refractivity (Wildman–Crippen MR) is 145 cm³/mol. The van der Waals surface area contributed by atoms with Gasteiger partial charge in [-0.2, -0.15) is 9.97 Å². The van der Waals surface area contributed by atoms with Gasteiger partial charge in [0.05, 0.1) is 13.1 Å². The summed E-state index contributed by atoms with van der Waals surface area (Å²) >= 11 is 0. The third-order valence-electron chi connectivity index (χ3n) is 7.88. The van der Waals surface area contributed by atoms with Crippen molar-refractivity contribution in [3.05, 3.63) is 48.2 Å². The molecular weight excluding hydrogens is 484 g/mol. The summed E-state index contributed by atoms with van der Waals surface area (Å²) in [6, 6.07) is 15.5. The number of aromatic nitrogens is 2.